The number of amides is 1. The molecule has 0 radical (unpaired) electrons. The summed E-state index contributed by atoms with van der Waals surface area (Å²) >= 11 is 0. The number of hydrogen-bond acceptors (Lipinski definition) is 2. The number of nitrogens with two attached hydrogens (primary N) is 2. The van der Waals surface area contributed by atoms with Gasteiger partial charge < -0.3 is 11.5 Å². The highest BCUT2D eigenvalue weighted by Gasteiger charge is 2.52. The van der Waals surface area contributed by atoms with E-state index in [4.69, 9.17) is 11.5 Å². The first-order chi connectivity index (χ1) is 3.57. The lowest BCUT2D eigenvalue weighted by molar-refractivity contribution is -0.120. The van der Waals surface area contributed by atoms with Crippen LogP contribution in [0, 0.1) is 5.92 Å². The van der Waals surface area contributed by atoms with Gasteiger partial charge in [-0.3, -0.25) is 4.79 Å². The Hall–Kier alpha value is -0.570. The van der Waals surface area contributed by atoms with E-state index in [1.807, 2.05) is 6.92 Å². The number of rotatable bonds is 1. The molecule has 3 nitrogen and oxygen atoms in total. The van der Waals surface area contributed by atoms with Gasteiger partial charge in [0, 0.05) is 0 Å². The van der Waals surface area contributed by atoms with Crippen molar-refractivity contribution in [3.8, 4) is 0 Å². The van der Waals surface area contributed by atoms with Gasteiger partial charge in [0.1, 0.15) is 0 Å². The summed E-state index contributed by atoms with van der Waals surface area (Å²) in [6, 6.07) is 0. The summed E-state index contributed by atoms with van der Waals surface area (Å²) in [4.78, 5) is 10.4. The molecule has 1 rings (SSSR count). The van der Waals surface area contributed by atoms with Gasteiger partial charge in [0.25, 0.3) is 0 Å². The van der Waals surface area contributed by atoms with Crippen molar-refractivity contribution in [2.24, 2.45) is 17.4 Å². The fourth-order valence-electron chi connectivity index (χ4n) is 0.791. The summed E-state index contributed by atoms with van der Waals surface area (Å²) < 4.78 is 0. The Bertz CT molecular complexity index is 134. The maximum atomic E-state index is 10.4. The van der Waals surface area contributed by atoms with Crippen LogP contribution in [0.25, 0.3) is 0 Å². The largest absolute Gasteiger partial charge is 0.368 e. The molecule has 1 fully saturated rings. The van der Waals surface area contributed by atoms with E-state index in [9.17, 15) is 4.79 Å². The first-order valence-electron chi connectivity index (χ1n) is 2.66. The van der Waals surface area contributed by atoms with E-state index in [-0.39, 0.29) is 5.91 Å². The predicted octanol–water partition coefficient (Wildman–Crippen LogP) is -0.791. The summed E-state index contributed by atoms with van der Waals surface area (Å²) in [6.45, 7) is 1.92. The molecule has 0 heterocycles. The zero-order chi connectivity index (χ0) is 6.36. The third-order valence-electron chi connectivity index (χ3n) is 1.82. The van der Waals surface area contributed by atoms with E-state index in [2.05, 4.69) is 0 Å². The highest BCUT2D eigenvalue weighted by Crippen LogP contribution is 2.39. The zero-order valence-electron chi connectivity index (χ0n) is 4.85. The van der Waals surface area contributed by atoms with Gasteiger partial charge in [-0.25, -0.2) is 0 Å². The van der Waals surface area contributed by atoms with Gasteiger partial charge in [0.2, 0.25) is 5.91 Å². The number of carbonyl (C=O) groups excluding carboxylic acids is 1. The lowest BCUT2D eigenvalue weighted by Gasteiger charge is -2.00. The Labute approximate surface area is 48.0 Å². The van der Waals surface area contributed by atoms with Crippen molar-refractivity contribution in [2.75, 3.05) is 0 Å². The van der Waals surface area contributed by atoms with Crippen molar-refractivity contribution >= 4 is 5.91 Å². The average molecular weight is 114 g/mol. The van der Waals surface area contributed by atoms with E-state index in [1.165, 1.54) is 0 Å². The highest BCUT2D eigenvalue weighted by molar-refractivity contribution is 5.88. The normalized spacial score (nSPS) is 44.0. The van der Waals surface area contributed by atoms with Gasteiger partial charge in [-0.2, -0.15) is 0 Å². The van der Waals surface area contributed by atoms with Crippen LogP contribution in [0.1, 0.15) is 13.3 Å². The van der Waals surface area contributed by atoms with Gasteiger partial charge in [-0.05, 0) is 12.3 Å². The van der Waals surface area contributed by atoms with Crippen LogP contribution in [0.15, 0.2) is 0 Å². The SMILES string of the molecule is CC1C[C@@]1(N)C(N)=O. The van der Waals surface area contributed by atoms with Crippen LogP contribution in [0.2, 0.25) is 0 Å². The number of hydrogen-bond donors (Lipinski definition) is 2. The fraction of sp³-hybridized carbons (Fsp3) is 0.800. The summed E-state index contributed by atoms with van der Waals surface area (Å²) in [5.74, 6) is -0.0787. The van der Waals surface area contributed by atoms with E-state index in [0.717, 1.165) is 6.42 Å². The molecule has 4 N–H and O–H groups in total. The summed E-state index contributed by atoms with van der Waals surface area (Å²) in [5, 5.41) is 0. The summed E-state index contributed by atoms with van der Waals surface area (Å²) in [5.41, 5.74) is 9.76. The Balaban J connectivity index is 2.60. The molecule has 8 heavy (non-hydrogen) atoms. The van der Waals surface area contributed by atoms with E-state index < -0.39 is 5.54 Å². The molecular weight excluding hydrogens is 104 g/mol. The van der Waals surface area contributed by atoms with E-state index >= 15 is 0 Å². The van der Waals surface area contributed by atoms with Gasteiger partial charge >= 0.3 is 0 Å². The maximum absolute atomic E-state index is 10.4. The smallest absolute Gasteiger partial charge is 0.237 e. The van der Waals surface area contributed by atoms with E-state index in [0.29, 0.717) is 5.92 Å². The van der Waals surface area contributed by atoms with Crippen LogP contribution in [-0.2, 0) is 4.79 Å². The zero-order valence-corrected chi connectivity index (χ0v) is 4.85. The van der Waals surface area contributed by atoms with Gasteiger partial charge in [0.15, 0.2) is 0 Å². The Morgan fingerprint density at radius 2 is 2.25 bits per heavy atom. The minimum absolute atomic E-state index is 0.292. The highest BCUT2D eigenvalue weighted by atomic mass is 16.1. The fourth-order valence-corrected chi connectivity index (χ4v) is 0.791. The van der Waals surface area contributed by atoms with Crippen molar-refractivity contribution in [1.82, 2.24) is 0 Å². The van der Waals surface area contributed by atoms with Crippen LogP contribution < -0.4 is 11.5 Å². The lowest BCUT2D eigenvalue weighted by Crippen LogP contribution is -2.40. The molecule has 1 saturated carbocycles. The second kappa shape index (κ2) is 1.23. The molecule has 0 aromatic carbocycles. The molecule has 0 saturated heterocycles. The molecule has 0 spiro atoms. The molecule has 46 valence electrons. The van der Waals surface area contributed by atoms with Crippen LogP contribution in [0.5, 0.6) is 0 Å². The molecule has 0 aromatic heterocycles. The van der Waals surface area contributed by atoms with Crippen molar-refractivity contribution < 1.29 is 4.79 Å². The molecule has 3 heteroatoms. The molecule has 0 aliphatic heterocycles. The predicted molar refractivity (Wildman–Crippen MR) is 29.9 cm³/mol. The van der Waals surface area contributed by atoms with Gasteiger partial charge in [-0.1, -0.05) is 6.92 Å². The Kier molecular flexibility index (Phi) is 0.854. The van der Waals surface area contributed by atoms with Crippen molar-refractivity contribution in [3.63, 3.8) is 0 Å². The molecule has 1 aliphatic carbocycles. The summed E-state index contributed by atoms with van der Waals surface area (Å²) in [6.07, 6.45) is 0.752. The first-order valence-corrected chi connectivity index (χ1v) is 2.66. The average Bonchev–Trinajstić information content (AvgIpc) is 2.17. The van der Waals surface area contributed by atoms with E-state index in [1.54, 1.807) is 0 Å². The molecule has 1 unspecified atom stereocenters. The maximum Gasteiger partial charge on any atom is 0.237 e. The van der Waals surface area contributed by atoms with Gasteiger partial charge in [0.05, 0.1) is 5.54 Å². The second-order valence-corrected chi connectivity index (χ2v) is 2.51. The Morgan fingerprint density at radius 1 is 1.88 bits per heavy atom. The van der Waals surface area contributed by atoms with Crippen LogP contribution in [0.4, 0.5) is 0 Å². The Morgan fingerprint density at radius 3 is 2.25 bits per heavy atom. The minimum atomic E-state index is -0.653. The molecule has 1 amide bonds. The molecule has 2 atom stereocenters. The minimum Gasteiger partial charge on any atom is -0.368 e. The van der Waals surface area contributed by atoms with Crippen molar-refractivity contribution in [3.05, 3.63) is 0 Å². The molecular formula is C5H10N2O. The number of carbonyl (C=O) groups is 1. The third kappa shape index (κ3) is 0.512. The third-order valence-corrected chi connectivity index (χ3v) is 1.82. The molecule has 1 aliphatic rings. The van der Waals surface area contributed by atoms with Gasteiger partial charge in [-0.15, -0.1) is 0 Å². The van der Waals surface area contributed by atoms with Crippen molar-refractivity contribution in [2.45, 2.75) is 18.9 Å². The second-order valence-electron chi connectivity index (χ2n) is 2.51. The standard InChI is InChI=1S/C5H10N2O/c1-3-2-5(3,7)4(6)8/h3H,2,7H2,1H3,(H2,6,8)/t3?,5-/m0/s1. The monoisotopic (exact) mass is 114 g/mol. The molecule has 0 aromatic rings. The number of primary amides is 1. The topological polar surface area (TPSA) is 69.1 Å². The first kappa shape index (κ1) is 5.56. The lowest BCUT2D eigenvalue weighted by atomic mass is 10.2. The van der Waals surface area contributed by atoms with Crippen LogP contribution >= 0.6 is 0 Å². The summed E-state index contributed by atoms with van der Waals surface area (Å²) in [7, 11) is 0. The quantitative estimate of drug-likeness (QED) is 0.469. The molecule has 0 bridgehead atoms. The van der Waals surface area contributed by atoms with Crippen molar-refractivity contribution in [1.29, 1.82) is 0 Å². The van der Waals surface area contributed by atoms with Crippen LogP contribution in [0.3, 0.4) is 0 Å². The van der Waals surface area contributed by atoms with Crippen LogP contribution in [-0.4, -0.2) is 11.4 Å².